The van der Waals surface area contributed by atoms with Gasteiger partial charge in [-0.2, -0.15) is 0 Å². The standard InChI is InChI=1S/C20H30N2O2S/c23-11-16-9-22(2-1-18(16)24)10-17-12-25-19(21-17)20-6-13-3-14(7-20)5-15(4-13)8-20/h12-16,18,23-24H,1-11H2/t13?,14?,15?,16-,18-,20?/m0/s1. The Hall–Kier alpha value is -0.490. The van der Waals surface area contributed by atoms with Crippen molar-refractivity contribution in [3.05, 3.63) is 16.1 Å². The highest BCUT2D eigenvalue weighted by Gasteiger charge is 2.52. The van der Waals surface area contributed by atoms with E-state index < -0.39 is 0 Å². The van der Waals surface area contributed by atoms with Gasteiger partial charge in [0.25, 0.3) is 0 Å². The van der Waals surface area contributed by atoms with E-state index in [1.54, 1.807) is 0 Å². The number of thiazole rings is 1. The van der Waals surface area contributed by atoms with Crippen LogP contribution in [0.4, 0.5) is 0 Å². The molecule has 0 radical (unpaired) electrons. The SMILES string of the molecule is OC[C@@H]1CN(Cc2csc(C34CC5CC(CC(C5)C3)C4)n2)CC[C@@H]1O. The molecule has 2 heterocycles. The molecule has 0 unspecified atom stereocenters. The van der Waals surface area contributed by atoms with E-state index in [0.717, 1.165) is 43.8 Å². The van der Waals surface area contributed by atoms with E-state index >= 15 is 0 Å². The van der Waals surface area contributed by atoms with Gasteiger partial charge in [0, 0.05) is 43.0 Å². The third-order valence-corrected chi connectivity index (χ3v) is 8.58. The molecule has 4 saturated carbocycles. The second-order valence-corrected chi connectivity index (χ2v) is 10.2. The maximum absolute atomic E-state index is 9.95. The van der Waals surface area contributed by atoms with Crippen molar-refractivity contribution in [1.82, 2.24) is 9.88 Å². The van der Waals surface area contributed by atoms with Gasteiger partial charge < -0.3 is 10.2 Å². The Labute approximate surface area is 154 Å². The first-order valence-electron chi connectivity index (χ1n) is 10.1. The number of likely N-dealkylation sites (tertiary alicyclic amines) is 1. The maximum Gasteiger partial charge on any atom is 0.0991 e. The third-order valence-electron chi connectivity index (χ3n) is 7.44. The average Bonchev–Trinajstić information content (AvgIpc) is 3.05. The Balaban J connectivity index is 1.30. The van der Waals surface area contributed by atoms with Crippen LogP contribution in [0.3, 0.4) is 0 Å². The van der Waals surface area contributed by atoms with Crippen molar-refractivity contribution < 1.29 is 10.2 Å². The van der Waals surface area contributed by atoms with Crippen LogP contribution in [0.25, 0.3) is 0 Å². The molecular weight excluding hydrogens is 332 g/mol. The number of hydrogen-bond donors (Lipinski definition) is 2. The predicted molar refractivity (Wildman–Crippen MR) is 98.4 cm³/mol. The van der Waals surface area contributed by atoms with Crippen molar-refractivity contribution in [2.45, 2.75) is 63.0 Å². The molecule has 0 amide bonds. The Morgan fingerprint density at radius 2 is 1.84 bits per heavy atom. The number of aliphatic hydroxyl groups is 2. The van der Waals surface area contributed by atoms with Gasteiger partial charge in [-0.1, -0.05) is 0 Å². The van der Waals surface area contributed by atoms with Crippen LogP contribution in [0.2, 0.25) is 0 Å². The molecule has 1 aromatic rings. The monoisotopic (exact) mass is 362 g/mol. The number of aliphatic hydroxyl groups excluding tert-OH is 2. The van der Waals surface area contributed by atoms with Gasteiger partial charge in [-0.15, -0.1) is 11.3 Å². The molecule has 5 aliphatic rings. The second-order valence-electron chi connectivity index (χ2n) is 9.38. The van der Waals surface area contributed by atoms with Crippen LogP contribution in [0.15, 0.2) is 5.38 Å². The van der Waals surface area contributed by atoms with Crippen molar-refractivity contribution in [3.63, 3.8) is 0 Å². The molecular formula is C20H30N2O2S. The normalized spacial score (nSPS) is 43.7. The summed E-state index contributed by atoms with van der Waals surface area (Å²) in [7, 11) is 0. The highest BCUT2D eigenvalue weighted by molar-refractivity contribution is 7.09. The van der Waals surface area contributed by atoms with Gasteiger partial charge in [-0.25, -0.2) is 4.98 Å². The lowest BCUT2D eigenvalue weighted by atomic mass is 9.50. The minimum atomic E-state index is -0.348. The van der Waals surface area contributed by atoms with E-state index in [0.29, 0.717) is 5.41 Å². The van der Waals surface area contributed by atoms with Gasteiger partial charge in [0.15, 0.2) is 0 Å². The Morgan fingerprint density at radius 1 is 1.16 bits per heavy atom. The number of hydrogen-bond acceptors (Lipinski definition) is 5. The van der Waals surface area contributed by atoms with Crippen LogP contribution in [-0.2, 0) is 12.0 Å². The smallest absolute Gasteiger partial charge is 0.0991 e. The molecule has 1 aromatic heterocycles. The minimum Gasteiger partial charge on any atom is -0.396 e. The van der Waals surface area contributed by atoms with E-state index in [4.69, 9.17) is 4.98 Å². The molecule has 4 nitrogen and oxygen atoms in total. The molecule has 1 saturated heterocycles. The molecule has 0 aromatic carbocycles. The zero-order chi connectivity index (χ0) is 17.0. The fourth-order valence-electron chi connectivity index (χ4n) is 6.64. The molecule has 5 fully saturated rings. The van der Waals surface area contributed by atoms with Gasteiger partial charge in [0.05, 0.1) is 16.8 Å². The first-order valence-corrected chi connectivity index (χ1v) is 11.0. The molecule has 2 N–H and O–H groups in total. The van der Waals surface area contributed by atoms with Crippen molar-refractivity contribution in [2.75, 3.05) is 19.7 Å². The quantitative estimate of drug-likeness (QED) is 0.865. The third kappa shape index (κ3) is 2.97. The van der Waals surface area contributed by atoms with Crippen LogP contribution in [0, 0.1) is 23.7 Å². The van der Waals surface area contributed by atoms with Gasteiger partial charge in [0.2, 0.25) is 0 Å². The van der Waals surface area contributed by atoms with Gasteiger partial charge in [0.1, 0.15) is 0 Å². The maximum atomic E-state index is 9.95. The van der Waals surface area contributed by atoms with Crippen LogP contribution in [0.5, 0.6) is 0 Å². The highest BCUT2D eigenvalue weighted by Crippen LogP contribution is 2.61. The zero-order valence-corrected chi connectivity index (χ0v) is 15.8. The summed E-state index contributed by atoms with van der Waals surface area (Å²) in [5, 5.41) is 23.1. The lowest BCUT2D eigenvalue weighted by Gasteiger charge is -2.56. The molecule has 1 aliphatic heterocycles. The summed E-state index contributed by atoms with van der Waals surface area (Å²) >= 11 is 1.90. The highest BCUT2D eigenvalue weighted by atomic mass is 32.1. The molecule has 2 atom stereocenters. The minimum absolute atomic E-state index is 0.00462. The first kappa shape index (κ1) is 16.7. The van der Waals surface area contributed by atoms with Crippen LogP contribution in [-0.4, -0.2) is 45.9 Å². The van der Waals surface area contributed by atoms with Gasteiger partial charge >= 0.3 is 0 Å². The summed E-state index contributed by atoms with van der Waals surface area (Å²) in [6.45, 7) is 2.63. The van der Waals surface area contributed by atoms with Gasteiger partial charge in [-0.3, -0.25) is 4.90 Å². The fraction of sp³-hybridized carbons (Fsp3) is 0.850. The van der Waals surface area contributed by atoms with Crippen molar-refractivity contribution >= 4 is 11.3 Å². The number of aromatic nitrogens is 1. The van der Waals surface area contributed by atoms with Crippen molar-refractivity contribution in [3.8, 4) is 0 Å². The summed E-state index contributed by atoms with van der Waals surface area (Å²) in [5.41, 5.74) is 1.60. The Morgan fingerprint density at radius 3 is 2.48 bits per heavy atom. The molecule has 6 rings (SSSR count). The van der Waals surface area contributed by atoms with Crippen LogP contribution in [0.1, 0.15) is 55.6 Å². The molecule has 4 bridgehead atoms. The van der Waals surface area contributed by atoms with Gasteiger partial charge in [-0.05, 0) is 62.7 Å². The molecule has 138 valence electrons. The van der Waals surface area contributed by atoms with E-state index in [2.05, 4.69) is 10.3 Å². The van der Waals surface area contributed by atoms with E-state index in [-0.39, 0.29) is 18.6 Å². The fourth-order valence-corrected chi connectivity index (χ4v) is 7.69. The summed E-state index contributed by atoms with van der Waals surface area (Å²) < 4.78 is 0. The summed E-state index contributed by atoms with van der Waals surface area (Å²) in [4.78, 5) is 7.47. The Kier molecular flexibility index (Phi) is 4.20. The zero-order valence-electron chi connectivity index (χ0n) is 14.9. The summed E-state index contributed by atoms with van der Waals surface area (Å²) in [6, 6.07) is 0. The van der Waals surface area contributed by atoms with E-state index in [1.807, 2.05) is 11.3 Å². The Bertz CT molecular complexity index is 596. The number of rotatable bonds is 4. The van der Waals surface area contributed by atoms with Crippen molar-refractivity contribution in [2.24, 2.45) is 23.7 Å². The lowest BCUT2D eigenvalue weighted by Crippen LogP contribution is -2.48. The molecule has 0 spiro atoms. The topological polar surface area (TPSA) is 56.6 Å². The molecule has 4 aliphatic carbocycles. The second kappa shape index (κ2) is 6.29. The average molecular weight is 363 g/mol. The van der Waals surface area contributed by atoms with Crippen molar-refractivity contribution in [1.29, 1.82) is 0 Å². The van der Waals surface area contributed by atoms with Crippen LogP contribution < -0.4 is 0 Å². The molecule has 5 heteroatoms. The predicted octanol–water partition coefficient (Wildman–Crippen LogP) is 2.79. The number of nitrogens with zero attached hydrogens (tertiary/aromatic N) is 2. The summed E-state index contributed by atoms with van der Waals surface area (Å²) in [6.07, 6.45) is 9.01. The molecule has 25 heavy (non-hydrogen) atoms. The first-order chi connectivity index (χ1) is 12.1. The largest absolute Gasteiger partial charge is 0.396 e. The lowest BCUT2D eigenvalue weighted by molar-refractivity contribution is -0.00607. The van der Waals surface area contributed by atoms with E-state index in [9.17, 15) is 10.2 Å². The summed E-state index contributed by atoms with van der Waals surface area (Å²) in [5.74, 6) is 2.89. The van der Waals surface area contributed by atoms with E-state index in [1.165, 1.54) is 49.2 Å². The van der Waals surface area contributed by atoms with Crippen LogP contribution >= 0.6 is 11.3 Å². The number of piperidine rings is 1.